The zero-order chi connectivity index (χ0) is 15.4. The van der Waals surface area contributed by atoms with E-state index in [0.717, 1.165) is 11.1 Å². The molecule has 0 aliphatic heterocycles. The average molecular weight is 315 g/mol. The van der Waals surface area contributed by atoms with Crippen molar-refractivity contribution >= 4 is 17.5 Å². The van der Waals surface area contributed by atoms with Gasteiger partial charge < -0.3 is 9.84 Å². The number of benzene rings is 1. The molecule has 0 aliphatic carbocycles. The molecule has 2 heterocycles. The van der Waals surface area contributed by atoms with Gasteiger partial charge in [0.1, 0.15) is 0 Å². The van der Waals surface area contributed by atoms with Crippen molar-refractivity contribution in [1.29, 1.82) is 0 Å². The molecule has 110 valence electrons. The predicted octanol–water partition coefficient (Wildman–Crippen LogP) is 2.72. The SMILES string of the molecule is O=C(NCc1cccc(Cl)c1)c1nc(-c2ccncc2)no1. The molecule has 0 spiro atoms. The lowest BCUT2D eigenvalue weighted by atomic mass is 10.2. The summed E-state index contributed by atoms with van der Waals surface area (Å²) >= 11 is 5.89. The van der Waals surface area contributed by atoms with Crippen LogP contribution < -0.4 is 5.32 Å². The number of hydrogen-bond acceptors (Lipinski definition) is 5. The van der Waals surface area contributed by atoms with E-state index in [1.807, 2.05) is 12.1 Å². The summed E-state index contributed by atoms with van der Waals surface area (Å²) in [5.74, 6) is -0.183. The minimum atomic E-state index is -0.437. The van der Waals surface area contributed by atoms with Crippen molar-refractivity contribution in [2.45, 2.75) is 6.54 Å². The van der Waals surface area contributed by atoms with Gasteiger partial charge in [-0.2, -0.15) is 4.98 Å². The number of pyridine rings is 1. The van der Waals surface area contributed by atoms with Gasteiger partial charge in [-0.15, -0.1) is 0 Å². The highest BCUT2D eigenvalue weighted by molar-refractivity contribution is 6.30. The van der Waals surface area contributed by atoms with Gasteiger partial charge in [0.05, 0.1) is 0 Å². The van der Waals surface area contributed by atoms with Gasteiger partial charge in [0.2, 0.25) is 5.82 Å². The van der Waals surface area contributed by atoms with Crippen LogP contribution in [-0.4, -0.2) is 21.0 Å². The van der Waals surface area contributed by atoms with Gasteiger partial charge in [0, 0.05) is 29.5 Å². The first-order valence-corrected chi connectivity index (χ1v) is 6.87. The molecule has 2 aromatic heterocycles. The van der Waals surface area contributed by atoms with E-state index >= 15 is 0 Å². The van der Waals surface area contributed by atoms with Crippen LogP contribution in [0.5, 0.6) is 0 Å². The van der Waals surface area contributed by atoms with Crippen LogP contribution in [0.15, 0.2) is 53.3 Å². The lowest BCUT2D eigenvalue weighted by Gasteiger charge is -2.02. The molecule has 22 heavy (non-hydrogen) atoms. The van der Waals surface area contributed by atoms with Gasteiger partial charge in [0.15, 0.2) is 0 Å². The Bertz CT molecular complexity index is 789. The van der Waals surface area contributed by atoms with Crippen LogP contribution in [0.1, 0.15) is 16.2 Å². The van der Waals surface area contributed by atoms with Gasteiger partial charge in [0.25, 0.3) is 0 Å². The minimum Gasteiger partial charge on any atom is -0.344 e. The number of amides is 1. The van der Waals surface area contributed by atoms with E-state index in [-0.39, 0.29) is 5.89 Å². The molecule has 3 rings (SSSR count). The fourth-order valence-electron chi connectivity index (χ4n) is 1.84. The van der Waals surface area contributed by atoms with Gasteiger partial charge in [-0.25, -0.2) is 0 Å². The first kappa shape index (κ1) is 14.2. The van der Waals surface area contributed by atoms with E-state index in [2.05, 4.69) is 20.4 Å². The smallest absolute Gasteiger partial charge is 0.316 e. The highest BCUT2D eigenvalue weighted by Crippen LogP contribution is 2.14. The lowest BCUT2D eigenvalue weighted by molar-refractivity contribution is 0.0907. The molecule has 7 heteroatoms. The summed E-state index contributed by atoms with van der Waals surface area (Å²) in [7, 11) is 0. The molecule has 3 aromatic rings. The normalized spacial score (nSPS) is 10.4. The maximum atomic E-state index is 12.0. The zero-order valence-corrected chi connectivity index (χ0v) is 12.1. The fraction of sp³-hybridized carbons (Fsp3) is 0.0667. The molecule has 6 nitrogen and oxygen atoms in total. The topological polar surface area (TPSA) is 80.9 Å². The second-order valence-electron chi connectivity index (χ2n) is 4.47. The molecule has 1 amide bonds. The Balaban J connectivity index is 1.67. The van der Waals surface area contributed by atoms with Crippen molar-refractivity contribution < 1.29 is 9.32 Å². The van der Waals surface area contributed by atoms with Crippen molar-refractivity contribution in [1.82, 2.24) is 20.4 Å². The summed E-state index contributed by atoms with van der Waals surface area (Å²) in [5.41, 5.74) is 1.61. The van der Waals surface area contributed by atoms with E-state index in [1.54, 1.807) is 36.7 Å². The number of aromatic nitrogens is 3. The molecular weight excluding hydrogens is 304 g/mol. The van der Waals surface area contributed by atoms with Crippen LogP contribution >= 0.6 is 11.6 Å². The Kier molecular flexibility index (Phi) is 4.11. The molecule has 0 fully saturated rings. The van der Waals surface area contributed by atoms with Crippen LogP contribution in [0, 0.1) is 0 Å². The molecule has 0 unspecified atom stereocenters. The monoisotopic (exact) mass is 314 g/mol. The first-order valence-electron chi connectivity index (χ1n) is 6.49. The number of hydrogen-bond donors (Lipinski definition) is 1. The Morgan fingerprint density at radius 1 is 1.23 bits per heavy atom. The Labute approximate surface area is 131 Å². The van der Waals surface area contributed by atoms with Crippen LogP contribution in [0.25, 0.3) is 11.4 Å². The molecule has 0 bridgehead atoms. The molecule has 0 saturated carbocycles. The van der Waals surface area contributed by atoms with Gasteiger partial charge in [-0.1, -0.05) is 28.9 Å². The standard InChI is InChI=1S/C15H11ClN4O2/c16-12-3-1-2-10(8-12)9-18-14(21)15-19-13(20-22-15)11-4-6-17-7-5-11/h1-8H,9H2,(H,18,21). The summed E-state index contributed by atoms with van der Waals surface area (Å²) in [6.45, 7) is 0.326. The molecular formula is C15H11ClN4O2. The maximum Gasteiger partial charge on any atom is 0.316 e. The molecule has 1 N–H and O–H groups in total. The maximum absolute atomic E-state index is 12.0. The van der Waals surface area contributed by atoms with Crippen molar-refractivity contribution in [2.24, 2.45) is 0 Å². The fourth-order valence-corrected chi connectivity index (χ4v) is 2.05. The van der Waals surface area contributed by atoms with E-state index < -0.39 is 5.91 Å². The predicted molar refractivity (Wildman–Crippen MR) is 80.2 cm³/mol. The Morgan fingerprint density at radius 3 is 2.82 bits per heavy atom. The summed E-state index contributed by atoms with van der Waals surface area (Å²) in [5, 5.41) is 7.10. The number of nitrogens with one attached hydrogen (secondary N) is 1. The number of halogens is 1. The number of nitrogens with zero attached hydrogens (tertiary/aromatic N) is 3. The van der Waals surface area contributed by atoms with Crippen molar-refractivity contribution in [3.63, 3.8) is 0 Å². The minimum absolute atomic E-state index is 0.0890. The molecule has 0 aliphatic rings. The summed E-state index contributed by atoms with van der Waals surface area (Å²) in [4.78, 5) is 20.0. The van der Waals surface area contributed by atoms with Gasteiger partial charge in [-0.3, -0.25) is 9.78 Å². The van der Waals surface area contributed by atoms with Crippen molar-refractivity contribution in [2.75, 3.05) is 0 Å². The van der Waals surface area contributed by atoms with E-state index in [9.17, 15) is 4.79 Å². The highest BCUT2D eigenvalue weighted by atomic mass is 35.5. The quantitative estimate of drug-likeness (QED) is 0.800. The first-order chi connectivity index (χ1) is 10.7. The number of rotatable bonds is 4. The van der Waals surface area contributed by atoms with E-state index in [4.69, 9.17) is 16.1 Å². The molecule has 0 saturated heterocycles. The number of carbonyl (C=O) groups excluding carboxylic acids is 1. The Hall–Kier alpha value is -2.73. The summed E-state index contributed by atoms with van der Waals surface area (Å²) in [6, 6.07) is 10.7. The second-order valence-corrected chi connectivity index (χ2v) is 4.91. The molecule has 1 aromatic carbocycles. The van der Waals surface area contributed by atoms with Crippen molar-refractivity contribution in [3.8, 4) is 11.4 Å². The largest absolute Gasteiger partial charge is 0.344 e. The van der Waals surface area contributed by atoms with Gasteiger partial charge >= 0.3 is 11.8 Å². The molecule has 0 radical (unpaired) electrons. The third-order valence-electron chi connectivity index (χ3n) is 2.90. The number of carbonyl (C=O) groups is 1. The van der Waals surface area contributed by atoms with E-state index in [0.29, 0.717) is 17.4 Å². The van der Waals surface area contributed by atoms with Crippen LogP contribution in [-0.2, 0) is 6.54 Å². The van der Waals surface area contributed by atoms with Crippen LogP contribution in [0.2, 0.25) is 5.02 Å². The van der Waals surface area contributed by atoms with E-state index in [1.165, 1.54) is 0 Å². The highest BCUT2D eigenvalue weighted by Gasteiger charge is 2.15. The summed E-state index contributed by atoms with van der Waals surface area (Å²) < 4.78 is 4.97. The van der Waals surface area contributed by atoms with Crippen LogP contribution in [0.4, 0.5) is 0 Å². The van der Waals surface area contributed by atoms with Gasteiger partial charge in [-0.05, 0) is 29.8 Å². The zero-order valence-electron chi connectivity index (χ0n) is 11.4. The average Bonchev–Trinajstić information content (AvgIpc) is 3.04. The lowest BCUT2D eigenvalue weighted by Crippen LogP contribution is -2.23. The van der Waals surface area contributed by atoms with Crippen molar-refractivity contribution in [3.05, 3.63) is 65.3 Å². The second kappa shape index (κ2) is 6.36. The summed E-state index contributed by atoms with van der Waals surface area (Å²) in [6.07, 6.45) is 3.23. The molecule has 0 atom stereocenters. The Morgan fingerprint density at radius 2 is 2.05 bits per heavy atom. The third-order valence-corrected chi connectivity index (χ3v) is 3.14. The third kappa shape index (κ3) is 3.29. The van der Waals surface area contributed by atoms with Crippen LogP contribution in [0.3, 0.4) is 0 Å².